The minimum atomic E-state index is -0.131. The van der Waals surface area contributed by atoms with Gasteiger partial charge in [-0.25, -0.2) is 0 Å². The molecule has 1 saturated carbocycles. The highest BCUT2D eigenvalue weighted by molar-refractivity contribution is 6.30. The second kappa shape index (κ2) is 6.69. The minimum absolute atomic E-state index is 0.131. The first kappa shape index (κ1) is 15.8. The molecule has 0 unspecified atom stereocenters. The predicted octanol–water partition coefficient (Wildman–Crippen LogP) is 4.20. The summed E-state index contributed by atoms with van der Waals surface area (Å²) in [5.41, 5.74) is 2.42. The highest BCUT2D eigenvalue weighted by Crippen LogP contribution is 2.39. The Balaban J connectivity index is 1.40. The zero-order chi connectivity index (χ0) is 17.2. The van der Waals surface area contributed by atoms with Crippen molar-refractivity contribution in [3.05, 3.63) is 70.6 Å². The zero-order valence-electron chi connectivity index (χ0n) is 13.4. The second-order valence-corrected chi connectivity index (χ2v) is 6.55. The van der Waals surface area contributed by atoms with E-state index in [1.54, 1.807) is 24.3 Å². The standard InChI is InChI=1S/C19H16ClN3O2/c20-16-9-1-12(2-10-16)11-21-18(24)14-5-3-13(4-6-14)17-22-19(25-23-17)15-7-8-15/h1-6,9-10,15H,7-8,11H2,(H,21,24). The van der Waals surface area contributed by atoms with Crippen molar-refractivity contribution < 1.29 is 9.32 Å². The Hall–Kier alpha value is -2.66. The summed E-state index contributed by atoms with van der Waals surface area (Å²) in [6.07, 6.45) is 2.24. The van der Waals surface area contributed by atoms with Gasteiger partial charge in [-0.3, -0.25) is 4.79 Å². The number of carbonyl (C=O) groups excluding carboxylic acids is 1. The van der Waals surface area contributed by atoms with Crippen molar-refractivity contribution in [2.45, 2.75) is 25.3 Å². The van der Waals surface area contributed by atoms with E-state index in [4.69, 9.17) is 16.1 Å². The van der Waals surface area contributed by atoms with Crippen molar-refractivity contribution in [1.82, 2.24) is 15.5 Å². The Morgan fingerprint density at radius 3 is 2.52 bits per heavy atom. The maximum atomic E-state index is 12.2. The molecule has 1 amide bonds. The molecule has 5 nitrogen and oxygen atoms in total. The number of aromatic nitrogens is 2. The molecule has 1 aliphatic carbocycles. The van der Waals surface area contributed by atoms with Crippen molar-refractivity contribution in [1.29, 1.82) is 0 Å². The summed E-state index contributed by atoms with van der Waals surface area (Å²) in [5.74, 6) is 1.57. The van der Waals surface area contributed by atoms with Gasteiger partial charge in [0.1, 0.15) is 0 Å². The molecular weight excluding hydrogens is 338 g/mol. The van der Waals surface area contributed by atoms with E-state index < -0.39 is 0 Å². The van der Waals surface area contributed by atoms with Crippen LogP contribution in [0, 0.1) is 0 Å². The zero-order valence-corrected chi connectivity index (χ0v) is 14.2. The van der Waals surface area contributed by atoms with Crippen LogP contribution in [0.2, 0.25) is 5.02 Å². The second-order valence-electron chi connectivity index (χ2n) is 6.12. The summed E-state index contributed by atoms with van der Waals surface area (Å²) >= 11 is 5.85. The van der Waals surface area contributed by atoms with Gasteiger partial charge in [-0.15, -0.1) is 0 Å². The molecule has 0 aliphatic heterocycles. The average Bonchev–Trinajstić information content (AvgIpc) is 3.38. The van der Waals surface area contributed by atoms with Gasteiger partial charge in [0.25, 0.3) is 5.91 Å². The number of hydrogen-bond acceptors (Lipinski definition) is 4. The van der Waals surface area contributed by atoms with Crippen LogP contribution in [-0.2, 0) is 6.54 Å². The van der Waals surface area contributed by atoms with Crippen molar-refractivity contribution >= 4 is 17.5 Å². The molecular formula is C19H16ClN3O2. The minimum Gasteiger partial charge on any atom is -0.348 e. The molecule has 0 spiro atoms. The van der Waals surface area contributed by atoms with E-state index in [9.17, 15) is 4.79 Å². The van der Waals surface area contributed by atoms with E-state index in [0.29, 0.717) is 34.8 Å². The first-order chi connectivity index (χ1) is 12.2. The molecule has 1 heterocycles. The Kier molecular flexibility index (Phi) is 4.24. The van der Waals surface area contributed by atoms with Gasteiger partial charge in [-0.1, -0.05) is 41.0 Å². The first-order valence-electron chi connectivity index (χ1n) is 8.16. The van der Waals surface area contributed by atoms with Gasteiger partial charge >= 0.3 is 0 Å². The topological polar surface area (TPSA) is 68.0 Å². The van der Waals surface area contributed by atoms with E-state index >= 15 is 0 Å². The molecule has 126 valence electrons. The number of rotatable bonds is 5. The fourth-order valence-corrected chi connectivity index (χ4v) is 2.63. The molecule has 1 aromatic heterocycles. The summed E-state index contributed by atoms with van der Waals surface area (Å²) in [7, 11) is 0. The van der Waals surface area contributed by atoms with Crippen LogP contribution in [0.1, 0.15) is 40.6 Å². The number of nitrogens with one attached hydrogen (secondary N) is 1. The van der Waals surface area contributed by atoms with Crippen LogP contribution in [-0.4, -0.2) is 16.0 Å². The molecule has 0 saturated heterocycles. The third kappa shape index (κ3) is 3.72. The van der Waals surface area contributed by atoms with Crippen molar-refractivity contribution in [2.75, 3.05) is 0 Å². The number of carbonyl (C=O) groups is 1. The van der Waals surface area contributed by atoms with Gasteiger partial charge in [-0.2, -0.15) is 4.98 Å². The SMILES string of the molecule is O=C(NCc1ccc(Cl)cc1)c1ccc(-c2noc(C3CC3)n2)cc1. The van der Waals surface area contributed by atoms with Gasteiger partial charge in [0.2, 0.25) is 11.7 Å². The van der Waals surface area contributed by atoms with E-state index in [0.717, 1.165) is 24.0 Å². The van der Waals surface area contributed by atoms with Crippen LogP contribution in [0.5, 0.6) is 0 Å². The van der Waals surface area contributed by atoms with E-state index in [1.165, 1.54) is 0 Å². The number of hydrogen-bond donors (Lipinski definition) is 1. The van der Waals surface area contributed by atoms with Crippen LogP contribution in [0.4, 0.5) is 0 Å². The van der Waals surface area contributed by atoms with Gasteiger partial charge in [0.15, 0.2) is 0 Å². The van der Waals surface area contributed by atoms with Crippen molar-refractivity contribution in [2.24, 2.45) is 0 Å². The van der Waals surface area contributed by atoms with E-state index in [2.05, 4.69) is 15.5 Å². The summed E-state index contributed by atoms with van der Waals surface area (Å²) in [6, 6.07) is 14.6. The quantitative estimate of drug-likeness (QED) is 0.746. The van der Waals surface area contributed by atoms with Gasteiger partial charge in [-0.05, 0) is 42.7 Å². The molecule has 0 atom stereocenters. The number of benzene rings is 2. The van der Waals surface area contributed by atoms with E-state index in [1.807, 2.05) is 24.3 Å². The van der Waals surface area contributed by atoms with Crippen LogP contribution < -0.4 is 5.32 Å². The molecule has 1 aliphatic rings. The Morgan fingerprint density at radius 2 is 1.84 bits per heavy atom. The van der Waals surface area contributed by atoms with Gasteiger partial charge in [0.05, 0.1) is 0 Å². The normalized spacial score (nSPS) is 13.6. The van der Waals surface area contributed by atoms with E-state index in [-0.39, 0.29) is 5.91 Å². The smallest absolute Gasteiger partial charge is 0.251 e. The maximum Gasteiger partial charge on any atom is 0.251 e. The maximum absolute atomic E-state index is 12.2. The van der Waals surface area contributed by atoms with Gasteiger partial charge in [0, 0.05) is 28.6 Å². The Bertz CT molecular complexity index is 884. The van der Waals surface area contributed by atoms with Crippen molar-refractivity contribution in [3.8, 4) is 11.4 Å². The molecule has 0 bridgehead atoms. The first-order valence-corrected chi connectivity index (χ1v) is 8.53. The van der Waals surface area contributed by atoms with Crippen LogP contribution >= 0.6 is 11.6 Å². The lowest BCUT2D eigenvalue weighted by molar-refractivity contribution is 0.0951. The number of halogens is 1. The molecule has 1 N–H and O–H groups in total. The Labute approximate surface area is 150 Å². The van der Waals surface area contributed by atoms with Crippen molar-refractivity contribution in [3.63, 3.8) is 0 Å². The van der Waals surface area contributed by atoms with Crippen LogP contribution in [0.15, 0.2) is 53.1 Å². The fourth-order valence-electron chi connectivity index (χ4n) is 2.51. The molecule has 6 heteroatoms. The molecule has 25 heavy (non-hydrogen) atoms. The summed E-state index contributed by atoms with van der Waals surface area (Å²) < 4.78 is 5.27. The molecule has 3 aromatic rings. The lowest BCUT2D eigenvalue weighted by atomic mass is 10.1. The van der Waals surface area contributed by atoms with Gasteiger partial charge < -0.3 is 9.84 Å². The molecule has 1 fully saturated rings. The lowest BCUT2D eigenvalue weighted by Crippen LogP contribution is -2.22. The molecule has 0 radical (unpaired) electrons. The summed E-state index contributed by atoms with van der Waals surface area (Å²) in [5, 5.41) is 7.58. The monoisotopic (exact) mass is 353 g/mol. The number of amides is 1. The summed E-state index contributed by atoms with van der Waals surface area (Å²) in [6.45, 7) is 0.452. The predicted molar refractivity (Wildman–Crippen MR) is 94.3 cm³/mol. The Morgan fingerprint density at radius 1 is 1.12 bits per heavy atom. The molecule has 4 rings (SSSR count). The van der Waals surface area contributed by atoms with Crippen LogP contribution in [0.25, 0.3) is 11.4 Å². The fraction of sp³-hybridized carbons (Fsp3) is 0.211. The third-order valence-electron chi connectivity index (χ3n) is 4.14. The largest absolute Gasteiger partial charge is 0.348 e. The molecule has 2 aromatic carbocycles. The average molecular weight is 354 g/mol. The summed E-state index contributed by atoms with van der Waals surface area (Å²) in [4.78, 5) is 16.7. The highest BCUT2D eigenvalue weighted by Gasteiger charge is 2.29. The highest BCUT2D eigenvalue weighted by atomic mass is 35.5. The number of nitrogens with zero attached hydrogens (tertiary/aromatic N) is 2. The third-order valence-corrected chi connectivity index (χ3v) is 4.39. The van der Waals surface area contributed by atoms with Crippen LogP contribution in [0.3, 0.4) is 0 Å². The lowest BCUT2D eigenvalue weighted by Gasteiger charge is -2.06.